The summed E-state index contributed by atoms with van der Waals surface area (Å²) in [6, 6.07) is 8.35. The van der Waals surface area contributed by atoms with E-state index in [9.17, 15) is 24.4 Å². The second kappa shape index (κ2) is 4.96. The summed E-state index contributed by atoms with van der Waals surface area (Å²) in [6.07, 6.45) is 0. The van der Waals surface area contributed by atoms with Crippen molar-refractivity contribution in [1.82, 2.24) is 0 Å². The zero-order valence-corrected chi connectivity index (χ0v) is 10.9. The fourth-order valence-corrected chi connectivity index (χ4v) is 2.07. The van der Waals surface area contributed by atoms with Gasteiger partial charge in [-0.1, -0.05) is 0 Å². The molecule has 0 aliphatic carbocycles. The molecule has 110 valence electrons. The first-order chi connectivity index (χ1) is 10.5. The Morgan fingerprint density at radius 3 is 2.50 bits per heavy atom. The van der Waals surface area contributed by atoms with Crippen LogP contribution in [0.25, 0.3) is 11.0 Å². The van der Waals surface area contributed by atoms with Gasteiger partial charge in [-0.3, -0.25) is 14.9 Å². The van der Waals surface area contributed by atoms with Crippen molar-refractivity contribution in [2.45, 2.75) is 0 Å². The van der Waals surface area contributed by atoms with E-state index in [1.807, 2.05) is 0 Å². The minimum absolute atomic E-state index is 0.0251. The molecule has 0 spiro atoms. The van der Waals surface area contributed by atoms with Crippen molar-refractivity contribution in [2.24, 2.45) is 0 Å². The predicted molar refractivity (Wildman–Crippen MR) is 74.4 cm³/mol. The lowest BCUT2D eigenvalue weighted by atomic mass is 10.1. The van der Waals surface area contributed by atoms with Crippen LogP contribution in [0.15, 0.2) is 46.9 Å². The molecule has 1 N–H and O–H groups in total. The van der Waals surface area contributed by atoms with E-state index < -0.39 is 22.3 Å². The van der Waals surface area contributed by atoms with Crippen LogP contribution in [0.5, 0.6) is 5.75 Å². The molecule has 1 aromatic heterocycles. The molecule has 0 aliphatic rings. The van der Waals surface area contributed by atoms with Gasteiger partial charge < -0.3 is 9.52 Å². The first kappa shape index (κ1) is 13.7. The van der Waals surface area contributed by atoms with Gasteiger partial charge in [0.2, 0.25) is 11.5 Å². The van der Waals surface area contributed by atoms with Gasteiger partial charge >= 0.3 is 0 Å². The van der Waals surface area contributed by atoms with E-state index in [-0.39, 0.29) is 28.0 Å². The van der Waals surface area contributed by atoms with E-state index in [0.717, 1.165) is 18.2 Å². The Bertz CT molecular complexity index is 898. The van der Waals surface area contributed by atoms with Crippen LogP contribution in [0.1, 0.15) is 16.1 Å². The topological polar surface area (TPSA) is 93.6 Å². The molecular formula is C15H8FNO5. The lowest BCUT2D eigenvalue weighted by molar-refractivity contribution is -0.384. The molecule has 22 heavy (non-hydrogen) atoms. The summed E-state index contributed by atoms with van der Waals surface area (Å²) in [6.45, 7) is 0. The highest BCUT2D eigenvalue weighted by Crippen LogP contribution is 2.35. The number of rotatable bonds is 3. The summed E-state index contributed by atoms with van der Waals surface area (Å²) in [5, 5.41) is 21.0. The number of fused-ring (bicyclic) bond motifs is 1. The Balaban J connectivity index is 2.10. The highest BCUT2D eigenvalue weighted by Gasteiger charge is 2.23. The maximum Gasteiger partial charge on any atom is 0.273 e. The van der Waals surface area contributed by atoms with Crippen molar-refractivity contribution in [3.8, 4) is 5.75 Å². The highest BCUT2D eigenvalue weighted by molar-refractivity contribution is 6.11. The van der Waals surface area contributed by atoms with Gasteiger partial charge in [-0.2, -0.15) is 0 Å². The molecule has 0 saturated heterocycles. The zero-order chi connectivity index (χ0) is 15.9. The first-order valence-corrected chi connectivity index (χ1v) is 6.17. The number of non-ortho nitro benzene ring substituents is 1. The molecule has 2 aromatic carbocycles. The van der Waals surface area contributed by atoms with Crippen molar-refractivity contribution in [3.63, 3.8) is 0 Å². The molecule has 6 nitrogen and oxygen atoms in total. The van der Waals surface area contributed by atoms with Gasteiger partial charge in [0.1, 0.15) is 11.4 Å². The van der Waals surface area contributed by atoms with E-state index in [1.165, 1.54) is 24.3 Å². The lowest BCUT2D eigenvalue weighted by Crippen LogP contribution is -1.99. The van der Waals surface area contributed by atoms with E-state index in [2.05, 4.69) is 0 Å². The summed E-state index contributed by atoms with van der Waals surface area (Å²) in [5.41, 5.74) is -0.0653. The molecule has 0 atom stereocenters. The Morgan fingerprint density at radius 1 is 1.18 bits per heavy atom. The van der Waals surface area contributed by atoms with Crippen molar-refractivity contribution >= 4 is 22.4 Å². The third-order valence-electron chi connectivity index (χ3n) is 3.17. The SMILES string of the molecule is O=C(c1ccc(F)cc1)c1oc2cc([N+](=O)[O-])ccc2c1O. The van der Waals surface area contributed by atoms with Crippen LogP contribution in [-0.2, 0) is 0 Å². The number of halogens is 1. The van der Waals surface area contributed by atoms with Crippen LogP contribution in [0.2, 0.25) is 0 Å². The minimum atomic E-state index is -0.642. The number of benzene rings is 2. The van der Waals surface area contributed by atoms with Crippen LogP contribution in [0.3, 0.4) is 0 Å². The molecule has 7 heteroatoms. The molecule has 1 heterocycles. The predicted octanol–water partition coefficient (Wildman–Crippen LogP) is 3.42. The van der Waals surface area contributed by atoms with Crippen LogP contribution in [0.4, 0.5) is 10.1 Å². The number of carbonyl (C=O) groups excluding carboxylic acids is 1. The Labute approximate surface area is 122 Å². The van der Waals surface area contributed by atoms with Gasteiger partial charge in [-0.05, 0) is 30.3 Å². The standard InChI is InChI=1S/C15H8FNO5/c16-9-3-1-8(2-4-9)13(18)15-14(19)11-6-5-10(17(20)21)7-12(11)22-15/h1-7,19H. The summed E-state index contributed by atoms with van der Waals surface area (Å²) in [4.78, 5) is 22.4. The molecule has 0 radical (unpaired) electrons. The number of furan rings is 1. The van der Waals surface area contributed by atoms with Gasteiger partial charge in [-0.25, -0.2) is 4.39 Å². The number of carbonyl (C=O) groups is 1. The minimum Gasteiger partial charge on any atom is -0.504 e. The van der Waals surface area contributed by atoms with E-state index in [1.54, 1.807) is 0 Å². The molecule has 0 bridgehead atoms. The summed E-state index contributed by atoms with van der Waals surface area (Å²) < 4.78 is 18.1. The van der Waals surface area contributed by atoms with Crippen LogP contribution >= 0.6 is 0 Å². The quantitative estimate of drug-likeness (QED) is 0.454. The second-order valence-electron chi connectivity index (χ2n) is 4.55. The molecule has 3 aromatic rings. The van der Waals surface area contributed by atoms with E-state index >= 15 is 0 Å². The maximum absolute atomic E-state index is 12.9. The number of nitrogens with zero attached hydrogens (tertiary/aromatic N) is 1. The van der Waals surface area contributed by atoms with Gasteiger partial charge in [0.05, 0.1) is 16.4 Å². The van der Waals surface area contributed by atoms with Crippen molar-refractivity contribution in [3.05, 3.63) is 69.7 Å². The number of aromatic hydroxyl groups is 1. The summed E-state index contributed by atoms with van der Waals surface area (Å²) >= 11 is 0. The number of hydrogen-bond donors (Lipinski definition) is 1. The number of hydrogen-bond acceptors (Lipinski definition) is 5. The Morgan fingerprint density at radius 2 is 1.86 bits per heavy atom. The smallest absolute Gasteiger partial charge is 0.273 e. The third-order valence-corrected chi connectivity index (χ3v) is 3.17. The fraction of sp³-hybridized carbons (Fsp3) is 0. The normalized spacial score (nSPS) is 10.8. The van der Waals surface area contributed by atoms with Crippen molar-refractivity contribution < 1.29 is 23.6 Å². The Kier molecular flexibility index (Phi) is 3.10. The average molecular weight is 301 g/mol. The molecule has 0 fully saturated rings. The second-order valence-corrected chi connectivity index (χ2v) is 4.55. The number of nitro benzene ring substituents is 1. The van der Waals surface area contributed by atoms with Crippen LogP contribution in [-0.4, -0.2) is 15.8 Å². The van der Waals surface area contributed by atoms with Gasteiger partial charge in [-0.15, -0.1) is 0 Å². The van der Waals surface area contributed by atoms with Gasteiger partial charge in [0.25, 0.3) is 5.69 Å². The third kappa shape index (κ3) is 2.18. The van der Waals surface area contributed by atoms with Crippen molar-refractivity contribution in [2.75, 3.05) is 0 Å². The first-order valence-electron chi connectivity index (χ1n) is 6.17. The molecule has 3 rings (SSSR count). The molecule has 0 aliphatic heterocycles. The van der Waals surface area contributed by atoms with Crippen molar-refractivity contribution in [1.29, 1.82) is 0 Å². The average Bonchev–Trinajstić information content (AvgIpc) is 2.84. The molecule has 0 amide bonds. The molecular weight excluding hydrogens is 293 g/mol. The van der Waals surface area contributed by atoms with Crippen LogP contribution in [0, 0.1) is 15.9 Å². The maximum atomic E-state index is 12.9. The largest absolute Gasteiger partial charge is 0.504 e. The number of nitro groups is 1. The fourth-order valence-electron chi connectivity index (χ4n) is 2.07. The summed E-state index contributed by atoms with van der Waals surface area (Å²) in [5.74, 6) is -1.89. The van der Waals surface area contributed by atoms with E-state index in [4.69, 9.17) is 4.42 Å². The van der Waals surface area contributed by atoms with Gasteiger partial charge in [0.15, 0.2) is 5.75 Å². The van der Waals surface area contributed by atoms with Gasteiger partial charge in [0, 0.05) is 11.6 Å². The lowest BCUT2D eigenvalue weighted by Gasteiger charge is -1.98. The summed E-state index contributed by atoms with van der Waals surface area (Å²) in [7, 11) is 0. The Hall–Kier alpha value is -3.22. The van der Waals surface area contributed by atoms with E-state index in [0.29, 0.717) is 0 Å². The monoisotopic (exact) mass is 301 g/mol. The number of ketones is 1. The highest BCUT2D eigenvalue weighted by atomic mass is 19.1. The van der Waals surface area contributed by atoms with Crippen LogP contribution < -0.4 is 0 Å². The zero-order valence-electron chi connectivity index (χ0n) is 10.9. The molecule has 0 saturated carbocycles. The molecule has 0 unspecified atom stereocenters.